The number of rotatable bonds is 5. The monoisotopic (exact) mass is 397 g/mol. The molecule has 1 amide bonds. The summed E-state index contributed by atoms with van der Waals surface area (Å²) in [6.45, 7) is -0.150. The Labute approximate surface area is 157 Å². The Kier molecular flexibility index (Phi) is 5.39. The average Bonchev–Trinajstić information content (AvgIpc) is 3.06. The predicted octanol–water partition coefficient (Wildman–Crippen LogP) is 4.76. The number of nitrogens with zero attached hydrogens (tertiary/aromatic N) is 2. The Balaban J connectivity index is 1.63. The van der Waals surface area contributed by atoms with Crippen LogP contribution in [0, 0.1) is 11.6 Å². The molecule has 2 aromatic carbocycles. The number of nitrogens with one attached hydrogen (secondary N) is 1. The minimum Gasteiger partial charge on any atom is -0.468 e. The number of ether oxygens (including phenoxy) is 1. The molecular formula is C17H11Cl2F2N3O2. The van der Waals surface area contributed by atoms with Crippen LogP contribution in [0.3, 0.4) is 0 Å². The Morgan fingerprint density at radius 3 is 2.65 bits per heavy atom. The van der Waals surface area contributed by atoms with Crippen molar-refractivity contribution >= 4 is 34.8 Å². The molecule has 1 aromatic heterocycles. The number of hydrogen-bond donors (Lipinski definition) is 1. The number of aromatic nitrogens is 2. The molecule has 9 heteroatoms. The highest BCUT2D eigenvalue weighted by molar-refractivity contribution is 6.42. The van der Waals surface area contributed by atoms with Gasteiger partial charge in [0.25, 0.3) is 5.91 Å². The van der Waals surface area contributed by atoms with Crippen molar-refractivity contribution in [1.82, 2.24) is 9.78 Å². The Hall–Kier alpha value is -2.64. The summed E-state index contributed by atoms with van der Waals surface area (Å²) < 4.78 is 32.9. The Morgan fingerprint density at radius 1 is 1.12 bits per heavy atom. The maximum Gasteiger partial charge on any atom is 0.276 e. The quantitative estimate of drug-likeness (QED) is 0.675. The van der Waals surface area contributed by atoms with Crippen molar-refractivity contribution in [2.45, 2.75) is 6.73 Å². The number of halogens is 4. The van der Waals surface area contributed by atoms with Gasteiger partial charge in [-0.3, -0.25) is 4.79 Å². The number of benzene rings is 2. The van der Waals surface area contributed by atoms with Crippen LogP contribution in [-0.4, -0.2) is 15.7 Å². The summed E-state index contributed by atoms with van der Waals surface area (Å²) in [6.07, 6.45) is 1.49. The molecule has 0 bridgehead atoms. The van der Waals surface area contributed by atoms with Gasteiger partial charge in [-0.05, 0) is 36.4 Å². The molecule has 134 valence electrons. The third-order valence-corrected chi connectivity index (χ3v) is 4.04. The first-order chi connectivity index (χ1) is 12.4. The summed E-state index contributed by atoms with van der Waals surface area (Å²) >= 11 is 11.7. The minimum absolute atomic E-state index is 0.122. The van der Waals surface area contributed by atoms with E-state index in [9.17, 15) is 13.6 Å². The van der Waals surface area contributed by atoms with Crippen molar-refractivity contribution in [2.75, 3.05) is 5.32 Å². The summed E-state index contributed by atoms with van der Waals surface area (Å²) in [5.74, 6) is -2.11. The lowest BCUT2D eigenvalue weighted by Crippen LogP contribution is -2.14. The molecule has 0 aliphatic heterocycles. The van der Waals surface area contributed by atoms with Crippen LogP contribution in [0.5, 0.6) is 5.75 Å². The van der Waals surface area contributed by atoms with Crippen molar-refractivity contribution in [3.63, 3.8) is 0 Å². The number of carbonyl (C=O) groups excluding carboxylic acids is 1. The molecule has 0 saturated heterocycles. The van der Waals surface area contributed by atoms with Gasteiger partial charge in [-0.2, -0.15) is 5.10 Å². The summed E-state index contributed by atoms with van der Waals surface area (Å²) in [7, 11) is 0. The smallest absolute Gasteiger partial charge is 0.276 e. The third-order valence-electron chi connectivity index (χ3n) is 3.30. The summed E-state index contributed by atoms with van der Waals surface area (Å²) in [5, 5.41) is 7.35. The van der Waals surface area contributed by atoms with E-state index < -0.39 is 17.5 Å². The zero-order valence-corrected chi connectivity index (χ0v) is 14.6. The number of amides is 1. The van der Waals surface area contributed by atoms with Crippen molar-refractivity contribution in [1.29, 1.82) is 0 Å². The van der Waals surface area contributed by atoms with Crippen LogP contribution in [-0.2, 0) is 6.73 Å². The van der Waals surface area contributed by atoms with Crippen LogP contribution < -0.4 is 10.1 Å². The van der Waals surface area contributed by atoms with Gasteiger partial charge >= 0.3 is 0 Å². The number of anilines is 1. The highest BCUT2D eigenvalue weighted by Gasteiger charge is 2.12. The van der Waals surface area contributed by atoms with Crippen LogP contribution in [0.1, 0.15) is 10.5 Å². The fourth-order valence-corrected chi connectivity index (χ4v) is 2.35. The second kappa shape index (κ2) is 7.72. The van der Waals surface area contributed by atoms with Crippen molar-refractivity contribution in [3.05, 3.63) is 76.0 Å². The Bertz CT molecular complexity index is 963. The molecule has 0 fully saturated rings. The van der Waals surface area contributed by atoms with E-state index in [0.29, 0.717) is 21.8 Å². The van der Waals surface area contributed by atoms with Crippen LogP contribution >= 0.6 is 23.2 Å². The highest BCUT2D eigenvalue weighted by atomic mass is 35.5. The standard InChI is InChI=1S/C17H11Cl2F2N3O2/c18-12-3-2-11(8-13(12)19)22-17(25)15-5-6-24(23-15)9-26-16-4-1-10(20)7-14(16)21/h1-8H,9H2,(H,22,25). The lowest BCUT2D eigenvalue weighted by atomic mass is 10.3. The van der Waals surface area contributed by atoms with Crippen LogP contribution in [0.2, 0.25) is 10.0 Å². The van der Waals surface area contributed by atoms with E-state index in [-0.39, 0.29) is 18.2 Å². The number of carbonyl (C=O) groups is 1. The second-order valence-electron chi connectivity index (χ2n) is 5.17. The van der Waals surface area contributed by atoms with Gasteiger partial charge in [0, 0.05) is 18.0 Å². The first-order valence-electron chi connectivity index (χ1n) is 7.30. The third kappa shape index (κ3) is 4.30. The van der Waals surface area contributed by atoms with E-state index in [0.717, 1.165) is 6.07 Å². The molecule has 3 aromatic rings. The van der Waals surface area contributed by atoms with Crippen LogP contribution in [0.15, 0.2) is 48.7 Å². The van der Waals surface area contributed by atoms with Crippen molar-refractivity contribution < 1.29 is 18.3 Å². The fourth-order valence-electron chi connectivity index (χ4n) is 2.05. The van der Waals surface area contributed by atoms with E-state index in [2.05, 4.69) is 10.4 Å². The van der Waals surface area contributed by atoms with Gasteiger partial charge in [0.05, 0.1) is 10.0 Å². The molecule has 3 rings (SSSR count). The van der Waals surface area contributed by atoms with Gasteiger partial charge in [0.15, 0.2) is 24.0 Å². The molecular weight excluding hydrogens is 387 g/mol. The largest absolute Gasteiger partial charge is 0.468 e. The van der Waals surface area contributed by atoms with Gasteiger partial charge in [-0.1, -0.05) is 23.2 Å². The van der Waals surface area contributed by atoms with E-state index in [1.807, 2.05) is 0 Å². The number of hydrogen-bond acceptors (Lipinski definition) is 3. The molecule has 0 atom stereocenters. The molecule has 1 heterocycles. The van der Waals surface area contributed by atoms with Crippen LogP contribution in [0.25, 0.3) is 0 Å². The van der Waals surface area contributed by atoms with Gasteiger partial charge in [0.2, 0.25) is 0 Å². The maximum atomic E-state index is 13.5. The first kappa shape index (κ1) is 18.2. The fraction of sp³-hybridized carbons (Fsp3) is 0.0588. The topological polar surface area (TPSA) is 56.2 Å². The van der Waals surface area contributed by atoms with Crippen molar-refractivity contribution in [2.24, 2.45) is 0 Å². The first-order valence-corrected chi connectivity index (χ1v) is 8.05. The van der Waals surface area contributed by atoms with Gasteiger partial charge in [-0.25, -0.2) is 13.5 Å². The molecule has 0 radical (unpaired) electrons. The van der Waals surface area contributed by atoms with Gasteiger partial charge in [-0.15, -0.1) is 0 Å². The SMILES string of the molecule is O=C(Nc1ccc(Cl)c(Cl)c1)c1ccn(COc2ccc(F)cc2F)n1. The minimum atomic E-state index is -0.824. The zero-order chi connectivity index (χ0) is 18.7. The van der Waals surface area contributed by atoms with Gasteiger partial charge in [0.1, 0.15) is 5.82 Å². The highest BCUT2D eigenvalue weighted by Crippen LogP contribution is 2.25. The summed E-state index contributed by atoms with van der Waals surface area (Å²) in [6, 6.07) is 9.11. The molecule has 0 saturated carbocycles. The second-order valence-corrected chi connectivity index (χ2v) is 5.99. The summed E-state index contributed by atoms with van der Waals surface area (Å²) in [5.41, 5.74) is 0.586. The molecule has 5 nitrogen and oxygen atoms in total. The van der Waals surface area contributed by atoms with Crippen molar-refractivity contribution in [3.8, 4) is 5.75 Å². The summed E-state index contributed by atoms with van der Waals surface area (Å²) in [4.78, 5) is 12.2. The zero-order valence-electron chi connectivity index (χ0n) is 13.0. The van der Waals surface area contributed by atoms with E-state index >= 15 is 0 Å². The molecule has 0 aliphatic carbocycles. The normalized spacial score (nSPS) is 10.6. The lowest BCUT2D eigenvalue weighted by molar-refractivity contribution is 0.102. The molecule has 0 aliphatic rings. The van der Waals surface area contributed by atoms with E-state index in [1.54, 1.807) is 12.1 Å². The van der Waals surface area contributed by atoms with Crippen LogP contribution in [0.4, 0.5) is 14.5 Å². The molecule has 1 N–H and O–H groups in total. The average molecular weight is 398 g/mol. The molecule has 26 heavy (non-hydrogen) atoms. The van der Waals surface area contributed by atoms with E-state index in [4.69, 9.17) is 27.9 Å². The predicted molar refractivity (Wildman–Crippen MR) is 93.6 cm³/mol. The Morgan fingerprint density at radius 2 is 1.92 bits per heavy atom. The van der Waals surface area contributed by atoms with Gasteiger partial charge < -0.3 is 10.1 Å². The molecule has 0 spiro atoms. The van der Waals surface area contributed by atoms with E-state index in [1.165, 1.54) is 29.1 Å². The maximum absolute atomic E-state index is 13.5. The molecule has 0 unspecified atom stereocenters. The lowest BCUT2D eigenvalue weighted by Gasteiger charge is -2.07.